The Hall–Kier alpha value is -1.33. The van der Waals surface area contributed by atoms with Crippen LogP contribution in [0, 0.1) is 0 Å². The first-order valence-corrected chi connectivity index (χ1v) is 5.77. The summed E-state index contributed by atoms with van der Waals surface area (Å²) in [6.45, 7) is 1.43. The molecular formula is C11H17O6P. The summed E-state index contributed by atoms with van der Waals surface area (Å²) >= 11 is 0. The molecule has 0 amide bonds. The maximum atomic E-state index is 10.5. The van der Waals surface area contributed by atoms with Gasteiger partial charge in [0.2, 0.25) is 0 Å². The second-order valence-electron chi connectivity index (χ2n) is 3.00. The number of aliphatic hydroxyl groups is 2. The molecule has 0 aliphatic heterocycles. The normalized spacial score (nSPS) is 10.4. The molecule has 1 unspecified atom stereocenters. The third-order valence-corrected chi connectivity index (χ3v) is 1.77. The molecule has 0 fully saturated rings. The van der Waals surface area contributed by atoms with Gasteiger partial charge in [-0.15, -0.1) is 0 Å². The highest BCUT2D eigenvalue weighted by atomic mass is 31.1. The van der Waals surface area contributed by atoms with Crippen LogP contribution in [0.25, 0.3) is 0 Å². The lowest BCUT2D eigenvalue weighted by Gasteiger charge is -2.04. The van der Waals surface area contributed by atoms with Crippen molar-refractivity contribution in [2.24, 2.45) is 0 Å². The number of benzene rings is 1. The van der Waals surface area contributed by atoms with Crippen LogP contribution in [0.3, 0.4) is 0 Å². The Balaban J connectivity index is 0. The summed E-state index contributed by atoms with van der Waals surface area (Å²) in [5, 5.41) is 23.9. The maximum Gasteiger partial charge on any atom is 0.324 e. The van der Waals surface area contributed by atoms with E-state index < -0.39 is 20.6 Å². The summed E-state index contributed by atoms with van der Waals surface area (Å²) in [4.78, 5) is 17.5. The zero-order valence-electron chi connectivity index (χ0n) is 9.93. The smallest absolute Gasteiger partial charge is 0.324 e. The summed E-state index contributed by atoms with van der Waals surface area (Å²) in [7, 11) is -0.833. The minimum absolute atomic E-state index is 0.125. The molecule has 18 heavy (non-hydrogen) atoms. The van der Waals surface area contributed by atoms with Crippen molar-refractivity contribution in [3.05, 3.63) is 35.9 Å². The van der Waals surface area contributed by atoms with Gasteiger partial charge in [0.05, 0.1) is 19.1 Å². The highest BCUT2D eigenvalue weighted by Gasteiger charge is 2.11. The van der Waals surface area contributed by atoms with Crippen LogP contribution in [0.15, 0.2) is 30.3 Å². The topological polar surface area (TPSA) is 115 Å². The number of hydrogen-bond donors (Lipinski definition) is 4. The number of carbonyl (C=O) groups is 1. The second kappa shape index (κ2) is 13.7. The first kappa shape index (κ1) is 19.0. The highest BCUT2D eigenvalue weighted by molar-refractivity contribution is 7.16. The van der Waals surface area contributed by atoms with Crippen LogP contribution in [0.5, 0.6) is 0 Å². The SMILES string of the molecule is CC(C(=O)O)c1ccccc1.O=PO.OCCO. The molecule has 0 heterocycles. The zero-order valence-corrected chi connectivity index (χ0v) is 10.8. The van der Waals surface area contributed by atoms with Crippen LogP contribution in [0.2, 0.25) is 0 Å². The van der Waals surface area contributed by atoms with Crippen molar-refractivity contribution in [3.63, 3.8) is 0 Å². The molecule has 4 N–H and O–H groups in total. The molecule has 0 aliphatic rings. The Morgan fingerprint density at radius 1 is 1.22 bits per heavy atom. The summed E-state index contributed by atoms with van der Waals surface area (Å²) in [5.74, 6) is -1.19. The molecule has 6 nitrogen and oxygen atoms in total. The third-order valence-electron chi connectivity index (χ3n) is 1.77. The fourth-order valence-electron chi connectivity index (χ4n) is 0.884. The van der Waals surface area contributed by atoms with Crippen LogP contribution < -0.4 is 0 Å². The Bertz CT molecular complexity index is 315. The first-order valence-electron chi connectivity index (χ1n) is 5.01. The Labute approximate surface area is 107 Å². The molecule has 0 bridgehead atoms. The molecule has 1 aromatic carbocycles. The molecule has 0 spiro atoms. The number of carboxylic acids is 1. The molecule has 7 heteroatoms. The second-order valence-corrected chi connectivity index (χ2v) is 3.16. The van der Waals surface area contributed by atoms with Gasteiger partial charge in [-0.25, -0.2) is 4.57 Å². The van der Waals surface area contributed by atoms with Gasteiger partial charge in [0, 0.05) is 0 Å². The third kappa shape index (κ3) is 11.2. The van der Waals surface area contributed by atoms with E-state index in [0.29, 0.717) is 0 Å². The summed E-state index contributed by atoms with van der Waals surface area (Å²) in [5.41, 5.74) is 0.847. The average Bonchev–Trinajstić information content (AvgIpc) is 2.40. The van der Waals surface area contributed by atoms with Crippen molar-refractivity contribution in [1.29, 1.82) is 0 Å². The Morgan fingerprint density at radius 3 is 1.89 bits per heavy atom. The van der Waals surface area contributed by atoms with Crippen molar-refractivity contribution in [3.8, 4) is 0 Å². The van der Waals surface area contributed by atoms with Gasteiger partial charge in [-0.2, -0.15) is 0 Å². The van der Waals surface area contributed by atoms with E-state index in [9.17, 15) is 4.79 Å². The average molecular weight is 276 g/mol. The van der Waals surface area contributed by atoms with Crippen molar-refractivity contribution in [2.75, 3.05) is 13.2 Å². The molecule has 1 aromatic rings. The van der Waals surface area contributed by atoms with Gasteiger partial charge in [0.15, 0.2) is 0 Å². The van der Waals surface area contributed by atoms with Gasteiger partial charge in [0.25, 0.3) is 0 Å². The quantitative estimate of drug-likeness (QED) is 0.613. The number of rotatable bonds is 3. The maximum absolute atomic E-state index is 10.5. The minimum Gasteiger partial charge on any atom is -0.481 e. The largest absolute Gasteiger partial charge is 0.481 e. The van der Waals surface area contributed by atoms with E-state index in [-0.39, 0.29) is 13.2 Å². The summed E-state index contributed by atoms with van der Waals surface area (Å²) in [6, 6.07) is 9.19. The van der Waals surface area contributed by atoms with Crippen LogP contribution in [-0.2, 0) is 9.36 Å². The summed E-state index contributed by atoms with van der Waals surface area (Å²) < 4.78 is 8.46. The molecule has 0 aliphatic carbocycles. The molecule has 0 aromatic heterocycles. The standard InChI is InChI=1S/C9H10O2.C2H6O2.HO2P/c1-7(9(10)11)8-5-3-2-4-6-8;3-1-2-4;1-3-2/h2-7H,1H3,(H,10,11);3-4H,1-2H2;(H,1,2). The van der Waals surface area contributed by atoms with E-state index >= 15 is 0 Å². The van der Waals surface area contributed by atoms with Crippen LogP contribution in [0.1, 0.15) is 18.4 Å². The van der Waals surface area contributed by atoms with Gasteiger partial charge < -0.3 is 20.2 Å². The van der Waals surface area contributed by atoms with Crippen LogP contribution in [-0.4, -0.2) is 39.4 Å². The van der Waals surface area contributed by atoms with E-state index in [1.807, 2.05) is 30.3 Å². The number of carboxylic acid groups (broad SMARTS) is 1. The van der Waals surface area contributed by atoms with Crippen molar-refractivity contribution < 1.29 is 29.6 Å². The fourth-order valence-corrected chi connectivity index (χ4v) is 0.884. The van der Waals surface area contributed by atoms with Crippen molar-refractivity contribution in [1.82, 2.24) is 0 Å². The molecule has 0 saturated heterocycles. The van der Waals surface area contributed by atoms with E-state index in [1.165, 1.54) is 0 Å². The van der Waals surface area contributed by atoms with E-state index in [4.69, 9.17) is 24.8 Å². The monoisotopic (exact) mass is 276 g/mol. The number of hydrogen-bond acceptors (Lipinski definition) is 4. The van der Waals surface area contributed by atoms with Crippen LogP contribution in [0.4, 0.5) is 0 Å². The molecule has 102 valence electrons. The lowest BCUT2D eigenvalue weighted by atomic mass is 10.0. The Morgan fingerprint density at radius 2 is 1.61 bits per heavy atom. The predicted molar refractivity (Wildman–Crippen MR) is 66.5 cm³/mol. The molecule has 1 atom stereocenters. The lowest BCUT2D eigenvalue weighted by molar-refractivity contribution is -0.138. The predicted octanol–water partition coefficient (Wildman–Crippen LogP) is 1.03. The Kier molecular flexibility index (Phi) is 14.5. The van der Waals surface area contributed by atoms with Gasteiger partial charge in [-0.05, 0) is 12.5 Å². The van der Waals surface area contributed by atoms with E-state index in [1.54, 1.807) is 6.92 Å². The number of aliphatic hydroxyl groups excluding tert-OH is 2. The minimum atomic E-state index is -0.833. The van der Waals surface area contributed by atoms with Crippen molar-refractivity contribution in [2.45, 2.75) is 12.8 Å². The fraction of sp³-hybridized carbons (Fsp3) is 0.364. The van der Waals surface area contributed by atoms with E-state index in [2.05, 4.69) is 0 Å². The molecule has 0 saturated carbocycles. The zero-order chi connectivity index (χ0) is 14.4. The summed E-state index contributed by atoms with van der Waals surface area (Å²) in [6.07, 6.45) is 0. The van der Waals surface area contributed by atoms with E-state index in [0.717, 1.165) is 5.56 Å². The van der Waals surface area contributed by atoms with Gasteiger partial charge in [-0.1, -0.05) is 30.3 Å². The van der Waals surface area contributed by atoms with Crippen LogP contribution >= 0.6 is 8.69 Å². The molecular weight excluding hydrogens is 259 g/mol. The first-order chi connectivity index (χ1) is 8.54. The lowest BCUT2D eigenvalue weighted by Crippen LogP contribution is -2.06. The van der Waals surface area contributed by atoms with Gasteiger partial charge in [0.1, 0.15) is 0 Å². The van der Waals surface area contributed by atoms with Crippen molar-refractivity contribution >= 4 is 14.7 Å². The van der Waals surface area contributed by atoms with Gasteiger partial charge >= 0.3 is 14.7 Å². The number of aliphatic carboxylic acids is 1. The van der Waals surface area contributed by atoms with Gasteiger partial charge in [-0.3, -0.25) is 4.79 Å². The highest BCUT2D eigenvalue weighted by Crippen LogP contribution is 2.13. The molecule has 1 rings (SSSR count). The molecule has 0 radical (unpaired) electrons.